The fourth-order valence-corrected chi connectivity index (χ4v) is 4.06. The number of carbonyl (C=O) groups excluding carboxylic acids is 1. The summed E-state index contributed by atoms with van der Waals surface area (Å²) in [5.41, 5.74) is 0. The number of sulfonamides is 1. The van der Waals surface area contributed by atoms with E-state index in [-0.39, 0.29) is 11.4 Å². The molecule has 1 fully saturated rings. The molecule has 0 aliphatic carbocycles. The Morgan fingerprint density at radius 3 is 2.68 bits per heavy atom. The Kier molecular flexibility index (Phi) is 5.06. The zero-order chi connectivity index (χ0) is 16.3. The smallest absolute Gasteiger partial charge is 0.325 e. The van der Waals surface area contributed by atoms with Gasteiger partial charge in [-0.3, -0.25) is 4.79 Å². The Morgan fingerprint density at radius 1 is 1.45 bits per heavy atom. The molecule has 118 valence electrons. The Morgan fingerprint density at radius 2 is 2.09 bits per heavy atom. The lowest BCUT2D eigenvalue weighted by molar-refractivity contribution is -0.149. The SMILES string of the molecule is C[C@@H](C#N)OC(=O)[C@@H]1CCCN1S(=O)(=O)c1ccc(Cl)cc1. The molecule has 0 aromatic heterocycles. The van der Waals surface area contributed by atoms with E-state index in [1.54, 1.807) is 6.07 Å². The van der Waals surface area contributed by atoms with Crippen LogP contribution in [0.1, 0.15) is 19.8 Å². The van der Waals surface area contributed by atoms with Crippen molar-refractivity contribution < 1.29 is 17.9 Å². The summed E-state index contributed by atoms with van der Waals surface area (Å²) in [4.78, 5) is 12.1. The maximum absolute atomic E-state index is 12.6. The lowest BCUT2D eigenvalue weighted by Crippen LogP contribution is -2.42. The summed E-state index contributed by atoms with van der Waals surface area (Å²) in [7, 11) is -3.80. The Hall–Kier alpha value is -1.62. The second-order valence-electron chi connectivity index (χ2n) is 4.94. The standard InChI is InChI=1S/C14H15ClN2O4S/c1-10(9-16)21-14(18)13-3-2-8-17(13)22(19,20)12-6-4-11(15)5-7-12/h4-7,10,13H,2-3,8H2,1H3/t10-,13-/m0/s1. The average molecular weight is 343 g/mol. The molecule has 22 heavy (non-hydrogen) atoms. The van der Waals surface area contributed by atoms with E-state index in [2.05, 4.69) is 0 Å². The quantitative estimate of drug-likeness (QED) is 0.780. The molecule has 2 atom stereocenters. The number of carbonyl (C=O) groups is 1. The van der Waals surface area contributed by atoms with Crippen LogP contribution in [0.15, 0.2) is 29.2 Å². The van der Waals surface area contributed by atoms with Gasteiger partial charge in [-0.15, -0.1) is 0 Å². The lowest BCUT2D eigenvalue weighted by atomic mass is 10.2. The zero-order valence-corrected chi connectivity index (χ0v) is 13.5. The Balaban J connectivity index is 2.24. The van der Waals surface area contributed by atoms with Crippen LogP contribution in [0.25, 0.3) is 0 Å². The maximum atomic E-state index is 12.6. The first-order valence-electron chi connectivity index (χ1n) is 6.74. The van der Waals surface area contributed by atoms with Gasteiger partial charge in [-0.1, -0.05) is 11.6 Å². The van der Waals surface area contributed by atoms with Crippen molar-refractivity contribution in [1.82, 2.24) is 4.31 Å². The molecule has 0 N–H and O–H groups in total. The predicted molar refractivity (Wildman–Crippen MR) is 79.5 cm³/mol. The monoisotopic (exact) mass is 342 g/mol. The minimum Gasteiger partial charge on any atom is -0.446 e. The van der Waals surface area contributed by atoms with E-state index in [0.717, 1.165) is 4.31 Å². The van der Waals surface area contributed by atoms with Crippen molar-refractivity contribution in [2.45, 2.75) is 36.8 Å². The molecular formula is C14H15ClN2O4S. The van der Waals surface area contributed by atoms with Gasteiger partial charge in [0.1, 0.15) is 12.1 Å². The van der Waals surface area contributed by atoms with Crippen molar-refractivity contribution in [1.29, 1.82) is 5.26 Å². The number of esters is 1. The molecule has 1 heterocycles. The van der Waals surface area contributed by atoms with Crippen LogP contribution in [-0.2, 0) is 19.6 Å². The highest BCUT2D eigenvalue weighted by Crippen LogP contribution is 2.27. The van der Waals surface area contributed by atoms with Gasteiger partial charge in [0.05, 0.1) is 4.90 Å². The topological polar surface area (TPSA) is 87.5 Å². The summed E-state index contributed by atoms with van der Waals surface area (Å²) >= 11 is 5.76. The number of nitriles is 1. The molecule has 1 aliphatic heterocycles. The van der Waals surface area contributed by atoms with Gasteiger partial charge < -0.3 is 4.74 Å². The van der Waals surface area contributed by atoms with E-state index >= 15 is 0 Å². The van der Waals surface area contributed by atoms with Crippen LogP contribution in [0.5, 0.6) is 0 Å². The second-order valence-corrected chi connectivity index (χ2v) is 7.26. The van der Waals surface area contributed by atoms with Gasteiger partial charge in [0, 0.05) is 11.6 Å². The molecule has 1 saturated heterocycles. The normalized spacial score (nSPS) is 20.3. The summed E-state index contributed by atoms with van der Waals surface area (Å²) in [5, 5.41) is 9.11. The molecule has 1 aromatic carbocycles. The van der Waals surface area contributed by atoms with E-state index in [1.165, 1.54) is 31.2 Å². The average Bonchev–Trinajstić information content (AvgIpc) is 2.97. The fourth-order valence-electron chi connectivity index (χ4n) is 2.28. The minimum atomic E-state index is -3.80. The summed E-state index contributed by atoms with van der Waals surface area (Å²) in [6.07, 6.45) is 0.0327. The summed E-state index contributed by atoms with van der Waals surface area (Å²) < 4.78 is 31.3. The van der Waals surface area contributed by atoms with Crippen molar-refractivity contribution in [2.24, 2.45) is 0 Å². The molecule has 1 aliphatic rings. The number of benzene rings is 1. The van der Waals surface area contributed by atoms with Crippen molar-refractivity contribution >= 4 is 27.6 Å². The van der Waals surface area contributed by atoms with E-state index in [4.69, 9.17) is 21.6 Å². The van der Waals surface area contributed by atoms with Crippen molar-refractivity contribution in [2.75, 3.05) is 6.54 Å². The van der Waals surface area contributed by atoms with Gasteiger partial charge in [0.2, 0.25) is 10.0 Å². The first-order valence-corrected chi connectivity index (χ1v) is 8.55. The molecule has 0 amide bonds. The maximum Gasteiger partial charge on any atom is 0.325 e. The van der Waals surface area contributed by atoms with Crippen LogP contribution in [0.4, 0.5) is 0 Å². The summed E-state index contributed by atoms with van der Waals surface area (Å²) in [5.74, 6) is -0.691. The third kappa shape index (κ3) is 3.40. The minimum absolute atomic E-state index is 0.0740. The first-order chi connectivity index (χ1) is 10.4. The van der Waals surface area contributed by atoms with Gasteiger partial charge in [-0.05, 0) is 44.0 Å². The number of rotatable bonds is 4. The largest absolute Gasteiger partial charge is 0.446 e. The van der Waals surface area contributed by atoms with Crippen LogP contribution < -0.4 is 0 Å². The van der Waals surface area contributed by atoms with E-state index in [9.17, 15) is 13.2 Å². The predicted octanol–water partition coefficient (Wildman–Crippen LogP) is 1.95. The van der Waals surface area contributed by atoms with Crippen LogP contribution in [0, 0.1) is 11.3 Å². The molecule has 0 saturated carbocycles. The Bertz CT molecular complexity index is 697. The first kappa shape index (κ1) is 16.7. The molecular weight excluding hydrogens is 328 g/mol. The number of hydrogen-bond acceptors (Lipinski definition) is 5. The van der Waals surface area contributed by atoms with Crippen LogP contribution >= 0.6 is 11.6 Å². The van der Waals surface area contributed by atoms with Crippen LogP contribution in [0.2, 0.25) is 5.02 Å². The van der Waals surface area contributed by atoms with E-state index in [1.807, 2.05) is 0 Å². The van der Waals surface area contributed by atoms with Gasteiger partial charge in [0.15, 0.2) is 6.10 Å². The number of ether oxygens (including phenoxy) is 1. The van der Waals surface area contributed by atoms with E-state index in [0.29, 0.717) is 17.9 Å². The number of nitrogens with zero attached hydrogens (tertiary/aromatic N) is 2. The molecule has 6 nitrogen and oxygen atoms in total. The van der Waals surface area contributed by atoms with Gasteiger partial charge in [0.25, 0.3) is 0 Å². The highest BCUT2D eigenvalue weighted by molar-refractivity contribution is 7.89. The molecule has 2 rings (SSSR count). The molecule has 0 radical (unpaired) electrons. The highest BCUT2D eigenvalue weighted by Gasteiger charge is 2.40. The number of hydrogen-bond donors (Lipinski definition) is 0. The third-order valence-electron chi connectivity index (χ3n) is 3.37. The molecule has 0 spiro atoms. The van der Waals surface area contributed by atoms with Gasteiger partial charge in [-0.2, -0.15) is 9.57 Å². The fraction of sp³-hybridized carbons (Fsp3) is 0.429. The second kappa shape index (κ2) is 6.65. The van der Waals surface area contributed by atoms with Crippen molar-refractivity contribution in [3.8, 4) is 6.07 Å². The molecule has 1 aromatic rings. The van der Waals surface area contributed by atoms with Crippen LogP contribution in [-0.4, -0.2) is 37.4 Å². The Labute approximate surface area is 134 Å². The molecule has 0 unspecified atom stereocenters. The van der Waals surface area contributed by atoms with Crippen molar-refractivity contribution in [3.05, 3.63) is 29.3 Å². The third-order valence-corrected chi connectivity index (χ3v) is 5.55. The molecule has 0 bridgehead atoms. The summed E-state index contributed by atoms with van der Waals surface area (Å²) in [6.45, 7) is 1.68. The lowest BCUT2D eigenvalue weighted by Gasteiger charge is -2.23. The summed E-state index contributed by atoms with van der Waals surface area (Å²) in [6, 6.07) is 6.65. The van der Waals surface area contributed by atoms with Crippen LogP contribution in [0.3, 0.4) is 0 Å². The van der Waals surface area contributed by atoms with Gasteiger partial charge in [-0.25, -0.2) is 8.42 Å². The van der Waals surface area contributed by atoms with E-state index < -0.39 is 28.1 Å². The van der Waals surface area contributed by atoms with Crippen molar-refractivity contribution in [3.63, 3.8) is 0 Å². The highest BCUT2D eigenvalue weighted by atomic mass is 35.5. The zero-order valence-electron chi connectivity index (χ0n) is 11.9. The molecule has 8 heteroatoms. The number of halogens is 1. The van der Waals surface area contributed by atoms with Gasteiger partial charge >= 0.3 is 5.97 Å².